The Hall–Kier alpha value is -1.22. The summed E-state index contributed by atoms with van der Waals surface area (Å²) < 4.78 is 36.6. The van der Waals surface area contributed by atoms with E-state index in [-0.39, 0.29) is 6.23 Å². The van der Waals surface area contributed by atoms with Gasteiger partial charge in [-0.25, -0.2) is 4.18 Å². The van der Waals surface area contributed by atoms with Crippen molar-refractivity contribution in [2.75, 3.05) is 43.9 Å². The van der Waals surface area contributed by atoms with Gasteiger partial charge < -0.3 is 4.90 Å². The number of hydrogen-bond acceptors (Lipinski definition) is 6. The fourth-order valence-electron chi connectivity index (χ4n) is 5.77. The zero-order valence-electron chi connectivity index (χ0n) is 16.3. The normalized spacial score (nSPS) is 30.0. The van der Waals surface area contributed by atoms with Crippen LogP contribution in [0, 0.1) is 11.8 Å². The molecule has 6 nitrogen and oxygen atoms in total. The second kappa shape index (κ2) is 6.93. The van der Waals surface area contributed by atoms with Gasteiger partial charge in [0.1, 0.15) is 0 Å². The van der Waals surface area contributed by atoms with E-state index in [0.717, 1.165) is 49.4 Å². The molecule has 0 radical (unpaired) electrons. The molecule has 3 fully saturated rings. The molecule has 2 aliphatic heterocycles. The molecule has 3 heterocycles. The maximum absolute atomic E-state index is 12.0. The van der Waals surface area contributed by atoms with Gasteiger partial charge in [0.05, 0.1) is 43.7 Å². The van der Waals surface area contributed by atoms with Crippen LogP contribution >= 0.6 is 11.5 Å². The molecule has 8 heteroatoms. The lowest BCUT2D eigenvalue weighted by Crippen LogP contribution is -2.63. The minimum atomic E-state index is -3.46. The van der Waals surface area contributed by atoms with E-state index in [2.05, 4.69) is 29.2 Å². The van der Waals surface area contributed by atoms with Crippen LogP contribution in [0.1, 0.15) is 25.7 Å². The highest BCUT2D eigenvalue weighted by molar-refractivity contribution is 7.86. The number of aromatic nitrogens is 1. The standard InChI is InChI=1S/C20H28N3O3S2/c1-28(24,25)26-20-16-7-3-2-6-15(16)14-23(20)12-10-22(11-13-23)19-17-8-4-5-9-18(17)27-21-19/h4-5,8-9,15-16,20H,2-3,6-7,10-14H2,1H3/q+1/t15?,16-,20?/m1/s1. The molecule has 2 saturated heterocycles. The summed E-state index contributed by atoms with van der Waals surface area (Å²) in [6, 6.07) is 8.39. The summed E-state index contributed by atoms with van der Waals surface area (Å²) >= 11 is 1.56. The molecule has 3 aliphatic rings. The number of rotatable bonds is 3. The monoisotopic (exact) mass is 422 g/mol. The van der Waals surface area contributed by atoms with Crippen LogP contribution in [0.4, 0.5) is 5.82 Å². The minimum absolute atomic E-state index is 0.199. The fourth-order valence-corrected chi connectivity index (χ4v) is 7.25. The van der Waals surface area contributed by atoms with Crippen molar-refractivity contribution < 1.29 is 17.1 Å². The van der Waals surface area contributed by atoms with Crippen LogP contribution in [0.3, 0.4) is 0 Å². The van der Waals surface area contributed by atoms with E-state index in [9.17, 15) is 8.42 Å². The molecule has 2 unspecified atom stereocenters. The molecule has 1 saturated carbocycles. The molecule has 0 amide bonds. The SMILES string of the molecule is CS(=O)(=O)OC1[C@@H]2CCCCC2C[N+]12CCN(c1nsc3ccccc13)CC2. The number of fused-ring (bicyclic) bond motifs is 2. The van der Waals surface area contributed by atoms with Crippen LogP contribution in [0.5, 0.6) is 0 Å². The van der Waals surface area contributed by atoms with Crippen LogP contribution < -0.4 is 4.90 Å². The van der Waals surface area contributed by atoms with E-state index < -0.39 is 10.1 Å². The maximum Gasteiger partial charge on any atom is 0.269 e. The topological polar surface area (TPSA) is 59.5 Å². The third-order valence-electron chi connectivity index (χ3n) is 7.03. The van der Waals surface area contributed by atoms with Crippen molar-refractivity contribution in [2.24, 2.45) is 11.8 Å². The van der Waals surface area contributed by atoms with Crippen LogP contribution in [0.2, 0.25) is 0 Å². The van der Waals surface area contributed by atoms with Gasteiger partial charge in [0.2, 0.25) is 6.23 Å². The molecule has 5 rings (SSSR count). The quantitative estimate of drug-likeness (QED) is 0.562. The first kappa shape index (κ1) is 18.8. The summed E-state index contributed by atoms with van der Waals surface area (Å²) in [6.45, 7) is 4.72. The molecule has 0 bridgehead atoms. The van der Waals surface area contributed by atoms with Crippen LogP contribution in [0.25, 0.3) is 10.1 Å². The lowest BCUT2D eigenvalue weighted by molar-refractivity contribution is -0.959. The van der Waals surface area contributed by atoms with E-state index in [1.807, 2.05) is 0 Å². The van der Waals surface area contributed by atoms with Gasteiger partial charge in [-0.3, -0.25) is 4.48 Å². The highest BCUT2D eigenvalue weighted by Crippen LogP contribution is 2.46. The Kier molecular flexibility index (Phi) is 4.65. The predicted molar refractivity (Wildman–Crippen MR) is 112 cm³/mol. The third-order valence-corrected chi connectivity index (χ3v) is 8.40. The van der Waals surface area contributed by atoms with Gasteiger partial charge in [-0.1, -0.05) is 25.0 Å². The van der Waals surface area contributed by atoms with Gasteiger partial charge in [0.15, 0.2) is 5.82 Å². The third kappa shape index (κ3) is 3.24. The van der Waals surface area contributed by atoms with E-state index in [4.69, 9.17) is 8.56 Å². The number of hydrogen-bond donors (Lipinski definition) is 0. The summed E-state index contributed by atoms with van der Waals surface area (Å²) in [5.74, 6) is 2.07. The van der Waals surface area contributed by atoms with Gasteiger partial charge in [-0.05, 0) is 36.5 Å². The predicted octanol–water partition coefficient (Wildman–Crippen LogP) is 3.06. The Bertz CT molecular complexity index is 966. The second-order valence-electron chi connectivity index (χ2n) is 8.74. The molecular weight excluding hydrogens is 394 g/mol. The van der Waals surface area contributed by atoms with Crippen molar-refractivity contribution in [1.82, 2.24) is 4.37 Å². The summed E-state index contributed by atoms with van der Waals surface area (Å²) in [5.41, 5.74) is 0. The zero-order valence-corrected chi connectivity index (χ0v) is 17.9. The molecule has 152 valence electrons. The van der Waals surface area contributed by atoms with Crippen molar-refractivity contribution in [1.29, 1.82) is 0 Å². The average molecular weight is 423 g/mol. The maximum atomic E-state index is 12.0. The first-order valence-corrected chi connectivity index (χ1v) is 12.9. The lowest BCUT2D eigenvalue weighted by Gasteiger charge is -2.45. The zero-order chi connectivity index (χ0) is 19.4. The molecule has 1 aromatic carbocycles. The van der Waals surface area contributed by atoms with Gasteiger partial charge in [-0.2, -0.15) is 12.8 Å². The van der Waals surface area contributed by atoms with E-state index >= 15 is 0 Å². The second-order valence-corrected chi connectivity index (χ2v) is 11.1. The molecule has 0 N–H and O–H groups in total. The number of nitrogens with zero attached hydrogens (tertiary/aromatic N) is 3. The fraction of sp³-hybridized carbons (Fsp3) is 0.650. The van der Waals surface area contributed by atoms with Crippen molar-refractivity contribution >= 4 is 37.6 Å². The Morgan fingerprint density at radius 1 is 1.18 bits per heavy atom. The van der Waals surface area contributed by atoms with Crippen molar-refractivity contribution in [2.45, 2.75) is 31.9 Å². The van der Waals surface area contributed by atoms with Gasteiger partial charge in [0, 0.05) is 17.2 Å². The van der Waals surface area contributed by atoms with Crippen molar-refractivity contribution in [3.63, 3.8) is 0 Å². The van der Waals surface area contributed by atoms with Gasteiger partial charge in [0.25, 0.3) is 10.1 Å². The lowest BCUT2D eigenvalue weighted by atomic mass is 9.81. The molecular formula is C20H28N3O3S2+. The van der Waals surface area contributed by atoms with Crippen LogP contribution in [-0.4, -0.2) is 62.5 Å². The van der Waals surface area contributed by atoms with Gasteiger partial charge in [-0.15, -0.1) is 0 Å². The average Bonchev–Trinajstić information content (AvgIpc) is 3.22. The molecule has 1 aromatic heterocycles. The highest BCUT2D eigenvalue weighted by atomic mass is 32.2. The summed E-state index contributed by atoms with van der Waals surface area (Å²) in [7, 11) is -3.46. The molecule has 3 atom stereocenters. The Balaban J connectivity index is 1.40. The Labute approximate surface area is 171 Å². The van der Waals surface area contributed by atoms with Crippen LogP contribution in [0.15, 0.2) is 24.3 Å². The van der Waals surface area contributed by atoms with Crippen molar-refractivity contribution in [3.05, 3.63) is 24.3 Å². The summed E-state index contributed by atoms with van der Waals surface area (Å²) in [6.07, 6.45) is 5.79. The first-order chi connectivity index (χ1) is 13.5. The minimum Gasteiger partial charge on any atom is -0.344 e. The van der Waals surface area contributed by atoms with E-state index in [1.54, 1.807) is 11.5 Å². The molecule has 2 aromatic rings. The highest BCUT2D eigenvalue weighted by Gasteiger charge is 2.57. The summed E-state index contributed by atoms with van der Waals surface area (Å²) in [5, 5.41) is 1.22. The molecule has 28 heavy (non-hydrogen) atoms. The smallest absolute Gasteiger partial charge is 0.269 e. The summed E-state index contributed by atoms with van der Waals surface area (Å²) in [4.78, 5) is 2.38. The number of quaternary nitrogens is 1. The Morgan fingerprint density at radius 3 is 2.71 bits per heavy atom. The largest absolute Gasteiger partial charge is 0.344 e. The van der Waals surface area contributed by atoms with E-state index in [1.165, 1.54) is 35.6 Å². The van der Waals surface area contributed by atoms with E-state index in [0.29, 0.717) is 11.8 Å². The first-order valence-electron chi connectivity index (χ1n) is 10.3. The Morgan fingerprint density at radius 2 is 1.93 bits per heavy atom. The molecule has 1 aliphatic carbocycles. The number of benzene rings is 1. The number of anilines is 1. The van der Waals surface area contributed by atoms with Gasteiger partial charge >= 0.3 is 0 Å². The van der Waals surface area contributed by atoms with Crippen molar-refractivity contribution in [3.8, 4) is 0 Å². The number of piperazine rings is 1. The van der Waals surface area contributed by atoms with Crippen LogP contribution in [-0.2, 0) is 14.3 Å². The molecule has 1 spiro atoms.